The van der Waals surface area contributed by atoms with Gasteiger partial charge in [-0.1, -0.05) is 31.2 Å². The van der Waals surface area contributed by atoms with Gasteiger partial charge >= 0.3 is 0 Å². The van der Waals surface area contributed by atoms with E-state index in [4.69, 9.17) is 0 Å². The van der Waals surface area contributed by atoms with E-state index in [1.54, 1.807) is 0 Å². The second kappa shape index (κ2) is 4.97. The highest BCUT2D eigenvalue weighted by Crippen LogP contribution is 2.30. The van der Waals surface area contributed by atoms with Crippen LogP contribution in [0.5, 0.6) is 0 Å². The Morgan fingerprint density at radius 1 is 1.37 bits per heavy atom. The Hall–Kier alpha value is -1.35. The zero-order chi connectivity index (χ0) is 13.3. The summed E-state index contributed by atoms with van der Waals surface area (Å²) in [4.78, 5) is 12.6. The highest BCUT2D eigenvalue weighted by Gasteiger charge is 2.40. The zero-order valence-electron chi connectivity index (χ0n) is 11.5. The van der Waals surface area contributed by atoms with Crippen LogP contribution < -0.4 is 10.6 Å². The van der Waals surface area contributed by atoms with Crippen LogP contribution in [0.2, 0.25) is 0 Å². The Morgan fingerprint density at radius 2 is 2.05 bits per heavy atom. The molecule has 1 aliphatic carbocycles. The molecule has 1 amide bonds. The molecule has 3 heteroatoms. The molecule has 0 spiro atoms. The first-order valence-electron chi connectivity index (χ1n) is 7.32. The summed E-state index contributed by atoms with van der Waals surface area (Å²) in [6.07, 6.45) is 3.85. The number of fused-ring (bicyclic) bond motifs is 1. The molecular weight excluding hydrogens is 236 g/mol. The average Bonchev–Trinajstić information content (AvgIpc) is 3.05. The van der Waals surface area contributed by atoms with E-state index in [-0.39, 0.29) is 17.4 Å². The molecule has 1 aromatic carbocycles. The maximum atomic E-state index is 12.6. The van der Waals surface area contributed by atoms with Crippen LogP contribution in [0.3, 0.4) is 0 Å². The summed E-state index contributed by atoms with van der Waals surface area (Å²) < 4.78 is 0. The third-order valence-corrected chi connectivity index (χ3v) is 4.79. The molecular formula is C16H22N2O. The molecule has 1 aromatic rings. The minimum absolute atomic E-state index is 0.172. The summed E-state index contributed by atoms with van der Waals surface area (Å²) in [5.74, 6) is 0.248. The molecule has 0 bridgehead atoms. The Bertz CT molecular complexity index is 452. The minimum atomic E-state index is -0.172. The molecule has 1 fully saturated rings. The van der Waals surface area contributed by atoms with Crippen LogP contribution in [0, 0.1) is 5.41 Å². The molecule has 0 saturated carbocycles. The van der Waals surface area contributed by atoms with Gasteiger partial charge in [0.25, 0.3) is 0 Å². The number of nitrogens with one attached hydrogen (secondary N) is 2. The van der Waals surface area contributed by atoms with Crippen molar-refractivity contribution in [3.8, 4) is 0 Å². The van der Waals surface area contributed by atoms with Gasteiger partial charge in [0, 0.05) is 12.6 Å². The monoisotopic (exact) mass is 258 g/mol. The van der Waals surface area contributed by atoms with E-state index in [0.717, 1.165) is 38.8 Å². The molecule has 102 valence electrons. The molecule has 3 rings (SSSR count). The number of rotatable bonds is 3. The summed E-state index contributed by atoms with van der Waals surface area (Å²) in [6.45, 7) is 3.91. The van der Waals surface area contributed by atoms with Crippen molar-refractivity contribution in [2.45, 2.75) is 38.6 Å². The molecule has 0 radical (unpaired) electrons. The van der Waals surface area contributed by atoms with Crippen molar-refractivity contribution >= 4 is 5.91 Å². The van der Waals surface area contributed by atoms with Crippen molar-refractivity contribution in [2.24, 2.45) is 5.41 Å². The Balaban J connectivity index is 1.66. The Kier molecular flexibility index (Phi) is 3.31. The predicted molar refractivity (Wildman–Crippen MR) is 76.0 cm³/mol. The summed E-state index contributed by atoms with van der Waals surface area (Å²) in [5, 5.41) is 6.61. The fourth-order valence-corrected chi connectivity index (χ4v) is 3.40. The maximum Gasteiger partial charge on any atom is 0.227 e. The maximum absolute atomic E-state index is 12.6. The van der Waals surface area contributed by atoms with Gasteiger partial charge in [-0.25, -0.2) is 0 Å². The lowest BCUT2D eigenvalue weighted by molar-refractivity contribution is -0.131. The van der Waals surface area contributed by atoms with E-state index in [1.165, 1.54) is 11.1 Å². The van der Waals surface area contributed by atoms with E-state index >= 15 is 0 Å². The van der Waals surface area contributed by atoms with Crippen LogP contribution in [0.1, 0.15) is 30.9 Å². The van der Waals surface area contributed by atoms with Gasteiger partial charge in [-0.05, 0) is 43.4 Å². The van der Waals surface area contributed by atoms with E-state index in [0.29, 0.717) is 0 Å². The molecule has 0 aromatic heterocycles. The predicted octanol–water partition coefficient (Wildman–Crippen LogP) is 1.66. The second-order valence-corrected chi connectivity index (χ2v) is 5.91. The van der Waals surface area contributed by atoms with Crippen LogP contribution in [-0.4, -0.2) is 25.0 Å². The number of carbonyl (C=O) groups excluding carboxylic acids is 1. The van der Waals surface area contributed by atoms with Gasteiger partial charge in [0.05, 0.1) is 5.41 Å². The second-order valence-electron chi connectivity index (χ2n) is 5.91. The van der Waals surface area contributed by atoms with Gasteiger partial charge in [0.2, 0.25) is 5.91 Å². The zero-order valence-corrected chi connectivity index (χ0v) is 11.5. The van der Waals surface area contributed by atoms with Crippen LogP contribution in [-0.2, 0) is 17.6 Å². The van der Waals surface area contributed by atoms with E-state index < -0.39 is 0 Å². The molecule has 2 aliphatic rings. The van der Waals surface area contributed by atoms with Crippen molar-refractivity contribution in [3.63, 3.8) is 0 Å². The third-order valence-electron chi connectivity index (χ3n) is 4.79. The van der Waals surface area contributed by atoms with Crippen LogP contribution in [0.15, 0.2) is 24.3 Å². The van der Waals surface area contributed by atoms with Crippen LogP contribution in [0.4, 0.5) is 0 Å². The van der Waals surface area contributed by atoms with Gasteiger partial charge in [0.15, 0.2) is 0 Å². The number of hydrogen-bond acceptors (Lipinski definition) is 2. The first kappa shape index (κ1) is 12.7. The van der Waals surface area contributed by atoms with Crippen molar-refractivity contribution < 1.29 is 4.79 Å². The summed E-state index contributed by atoms with van der Waals surface area (Å²) in [6, 6.07) is 8.80. The van der Waals surface area contributed by atoms with Crippen molar-refractivity contribution in [1.29, 1.82) is 0 Å². The summed E-state index contributed by atoms with van der Waals surface area (Å²) in [7, 11) is 0. The molecule has 3 nitrogen and oxygen atoms in total. The Morgan fingerprint density at radius 3 is 2.58 bits per heavy atom. The topological polar surface area (TPSA) is 41.1 Å². The third kappa shape index (κ3) is 2.27. The first-order valence-corrected chi connectivity index (χ1v) is 7.32. The van der Waals surface area contributed by atoms with Gasteiger partial charge in [-0.3, -0.25) is 4.79 Å². The van der Waals surface area contributed by atoms with E-state index in [9.17, 15) is 4.79 Å². The van der Waals surface area contributed by atoms with Crippen molar-refractivity contribution in [1.82, 2.24) is 10.6 Å². The number of carbonyl (C=O) groups is 1. The fraction of sp³-hybridized carbons (Fsp3) is 0.562. The molecule has 1 saturated heterocycles. The highest BCUT2D eigenvalue weighted by atomic mass is 16.2. The lowest BCUT2D eigenvalue weighted by Gasteiger charge is -2.27. The van der Waals surface area contributed by atoms with Gasteiger partial charge in [-0.15, -0.1) is 0 Å². The first-order chi connectivity index (χ1) is 9.23. The van der Waals surface area contributed by atoms with Crippen molar-refractivity contribution in [3.05, 3.63) is 35.4 Å². The molecule has 19 heavy (non-hydrogen) atoms. The van der Waals surface area contributed by atoms with Gasteiger partial charge in [0.1, 0.15) is 0 Å². The van der Waals surface area contributed by atoms with Gasteiger partial charge < -0.3 is 10.6 Å². The van der Waals surface area contributed by atoms with E-state index in [1.807, 2.05) is 0 Å². The fourth-order valence-electron chi connectivity index (χ4n) is 3.40. The average molecular weight is 258 g/mol. The molecule has 2 N–H and O–H groups in total. The number of amides is 1. The lowest BCUT2D eigenvalue weighted by Crippen LogP contribution is -2.46. The standard InChI is InChI=1S/C16H22N2O/c1-2-16(7-8-17-11-16)15(19)18-14-9-12-5-3-4-6-13(12)10-14/h3-6,14,17H,2,7-11H2,1H3,(H,18,19). The number of hydrogen-bond donors (Lipinski definition) is 2. The molecule has 1 unspecified atom stereocenters. The molecule has 1 aliphatic heterocycles. The molecule has 1 atom stereocenters. The summed E-state index contributed by atoms with van der Waals surface area (Å²) in [5.41, 5.74) is 2.61. The van der Waals surface area contributed by atoms with Crippen molar-refractivity contribution in [2.75, 3.05) is 13.1 Å². The lowest BCUT2D eigenvalue weighted by atomic mass is 9.83. The minimum Gasteiger partial charge on any atom is -0.352 e. The Labute approximate surface area is 114 Å². The quantitative estimate of drug-likeness (QED) is 0.865. The van der Waals surface area contributed by atoms with Crippen LogP contribution in [0.25, 0.3) is 0 Å². The smallest absolute Gasteiger partial charge is 0.227 e. The highest BCUT2D eigenvalue weighted by molar-refractivity contribution is 5.83. The normalized spacial score (nSPS) is 26.4. The molecule has 1 heterocycles. The SMILES string of the molecule is CCC1(C(=O)NC2Cc3ccccc3C2)CCNC1. The number of benzene rings is 1. The summed E-state index contributed by atoms with van der Waals surface area (Å²) >= 11 is 0. The van der Waals surface area contributed by atoms with Gasteiger partial charge in [-0.2, -0.15) is 0 Å². The van der Waals surface area contributed by atoms with E-state index in [2.05, 4.69) is 41.8 Å². The largest absolute Gasteiger partial charge is 0.352 e. The van der Waals surface area contributed by atoms with Crippen LogP contribution >= 0.6 is 0 Å².